The van der Waals surface area contributed by atoms with Gasteiger partial charge in [-0.05, 0) is 19.0 Å². The Kier molecular flexibility index (Phi) is 4.45. The molecule has 7 heteroatoms. The molecule has 1 aliphatic rings. The molecule has 2 heterocycles. The SMILES string of the molecule is Cl.O=[N+]([O-])c1cccnc1OC1CCNC1. The van der Waals surface area contributed by atoms with E-state index in [1.807, 2.05) is 0 Å². The number of nitrogens with zero attached hydrogens (tertiary/aromatic N) is 2. The van der Waals surface area contributed by atoms with E-state index in [-0.39, 0.29) is 30.1 Å². The van der Waals surface area contributed by atoms with Gasteiger partial charge in [0.05, 0.1) is 4.92 Å². The molecule has 88 valence electrons. The number of ether oxygens (including phenoxy) is 1. The molecule has 2 rings (SSSR count). The van der Waals surface area contributed by atoms with Gasteiger partial charge >= 0.3 is 5.69 Å². The van der Waals surface area contributed by atoms with Crippen molar-refractivity contribution in [2.45, 2.75) is 12.5 Å². The molecular weight excluding hydrogens is 234 g/mol. The lowest BCUT2D eigenvalue weighted by Gasteiger charge is -2.10. The summed E-state index contributed by atoms with van der Waals surface area (Å²) in [7, 11) is 0. The number of pyridine rings is 1. The topological polar surface area (TPSA) is 77.3 Å². The van der Waals surface area contributed by atoms with Crippen LogP contribution in [-0.4, -0.2) is 29.1 Å². The molecule has 1 aromatic heterocycles. The van der Waals surface area contributed by atoms with Crippen molar-refractivity contribution in [2.24, 2.45) is 0 Å². The van der Waals surface area contributed by atoms with Crippen molar-refractivity contribution in [3.05, 3.63) is 28.4 Å². The van der Waals surface area contributed by atoms with Crippen LogP contribution in [0.4, 0.5) is 5.69 Å². The Balaban J connectivity index is 0.00000128. The molecule has 16 heavy (non-hydrogen) atoms. The van der Waals surface area contributed by atoms with Crippen LogP contribution >= 0.6 is 12.4 Å². The first-order chi connectivity index (χ1) is 7.27. The minimum atomic E-state index is -0.481. The zero-order chi connectivity index (χ0) is 10.7. The quantitative estimate of drug-likeness (QED) is 0.639. The van der Waals surface area contributed by atoms with Crippen molar-refractivity contribution in [1.29, 1.82) is 0 Å². The highest BCUT2D eigenvalue weighted by Crippen LogP contribution is 2.24. The highest BCUT2D eigenvalue weighted by Gasteiger charge is 2.22. The number of nitro groups is 1. The maximum Gasteiger partial charge on any atom is 0.330 e. The fourth-order valence-corrected chi connectivity index (χ4v) is 1.50. The summed E-state index contributed by atoms with van der Waals surface area (Å²) in [6, 6.07) is 2.92. The molecule has 1 saturated heterocycles. The minimum absolute atomic E-state index is 0. The Morgan fingerprint density at radius 2 is 2.44 bits per heavy atom. The Hall–Kier alpha value is -1.40. The van der Waals surface area contributed by atoms with E-state index in [1.54, 1.807) is 0 Å². The molecule has 1 aliphatic heterocycles. The van der Waals surface area contributed by atoms with Gasteiger partial charge in [-0.25, -0.2) is 4.98 Å². The molecule has 0 aliphatic carbocycles. The van der Waals surface area contributed by atoms with Crippen LogP contribution in [0.2, 0.25) is 0 Å². The first kappa shape index (κ1) is 12.7. The second-order valence-electron chi connectivity index (χ2n) is 3.32. The van der Waals surface area contributed by atoms with Crippen molar-refractivity contribution in [1.82, 2.24) is 10.3 Å². The van der Waals surface area contributed by atoms with E-state index >= 15 is 0 Å². The number of rotatable bonds is 3. The molecule has 0 spiro atoms. The van der Waals surface area contributed by atoms with Crippen LogP contribution in [0.5, 0.6) is 5.88 Å². The van der Waals surface area contributed by atoms with E-state index in [2.05, 4.69) is 10.3 Å². The Morgan fingerprint density at radius 3 is 3.06 bits per heavy atom. The number of hydrogen-bond donors (Lipinski definition) is 1. The van der Waals surface area contributed by atoms with Gasteiger partial charge in [0, 0.05) is 18.8 Å². The second-order valence-corrected chi connectivity index (χ2v) is 3.32. The Bertz CT molecular complexity index is 369. The number of nitrogens with one attached hydrogen (secondary N) is 1. The highest BCUT2D eigenvalue weighted by atomic mass is 35.5. The van der Waals surface area contributed by atoms with Gasteiger partial charge in [-0.2, -0.15) is 0 Å². The molecule has 1 unspecified atom stereocenters. The van der Waals surface area contributed by atoms with Crippen LogP contribution in [0, 0.1) is 10.1 Å². The number of halogens is 1. The maximum absolute atomic E-state index is 10.7. The van der Waals surface area contributed by atoms with Crippen molar-refractivity contribution < 1.29 is 9.66 Å². The van der Waals surface area contributed by atoms with Gasteiger partial charge in [-0.3, -0.25) is 10.1 Å². The normalized spacial score (nSPS) is 18.9. The molecule has 0 aromatic carbocycles. The maximum atomic E-state index is 10.7. The van der Waals surface area contributed by atoms with Gasteiger partial charge in [0.15, 0.2) is 0 Å². The molecule has 0 saturated carbocycles. The molecule has 0 bridgehead atoms. The van der Waals surface area contributed by atoms with Crippen molar-refractivity contribution >= 4 is 18.1 Å². The lowest BCUT2D eigenvalue weighted by Crippen LogP contribution is -2.20. The summed E-state index contributed by atoms with van der Waals surface area (Å²) in [5.74, 6) is 0.108. The zero-order valence-corrected chi connectivity index (χ0v) is 9.27. The van der Waals surface area contributed by atoms with Crippen LogP contribution in [-0.2, 0) is 0 Å². The average Bonchev–Trinajstić information content (AvgIpc) is 2.71. The van der Waals surface area contributed by atoms with Crippen LogP contribution in [0.3, 0.4) is 0 Å². The average molecular weight is 246 g/mol. The van der Waals surface area contributed by atoms with Gasteiger partial charge in [-0.15, -0.1) is 12.4 Å². The number of hydrogen-bond acceptors (Lipinski definition) is 5. The monoisotopic (exact) mass is 245 g/mol. The third kappa shape index (κ3) is 2.80. The van der Waals surface area contributed by atoms with Crippen LogP contribution in [0.1, 0.15) is 6.42 Å². The fourth-order valence-electron chi connectivity index (χ4n) is 1.50. The Morgan fingerprint density at radius 1 is 1.62 bits per heavy atom. The molecule has 0 amide bonds. The minimum Gasteiger partial charge on any atom is -0.468 e. The largest absolute Gasteiger partial charge is 0.468 e. The van der Waals surface area contributed by atoms with Gasteiger partial charge in [0.2, 0.25) is 0 Å². The van der Waals surface area contributed by atoms with Crippen molar-refractivity contribution in [3.63, 3.8) is 0 Å². The standard InChI is InChI=1S/C9H11N3O3.ClH/c13-12(14)8-2-1-4-11-9(8)15-7-3-5-10-6-7;/h1-2,4,7,10H,3,5-6H2;1H. The summed E-state index contributed by atoms with van der Waals surface area (Å²) in [4.78, 5) is 14.1. The van der Waals surface area contributed by atoms with Crippen LogP contribution in [0.25, 0.3) is 0 Å². The van der Waals surface area contributed by atoms with Crippen molar-refractivity contribution in [3.8, 4) is 5.88 Å². The summed E-state index contributed by atoms with van der Waals surface area (Å²) < 4.78 is 5.45. The predicted octanol–water partition coefficient (Wildman–Crippen LogP) is 1.15. The molecule has 1 fully saturated rings. The third-order valence-electron chi connectivity index (χ3n) is 2.24. The highest BCUT2D eigenvalue weighted by molar-refractivity contribution is 5.85. The molecule has 1 atom stereocenters. The first-order valence-corrected chi connectivity index (χ1v) is 4.74. The van der Waals surface area contributed by atoms with E-state index in [0.29, 0.717) is 6.54 Å². The lowest BCUT2D eigenvalue weighted by atomic mass is 10.3. The number of aromatic nitrogens is 1. The molecule has 1 aromatic rings. The summed E-state index contributed by atoms with van der Waals surface area (Å²) in [6.07, 6.45) is 2.33. The molecule has 0 radical (unpaired) electrons. The zero-order valence-electron chi connectivity index (χ0n) is 8.46. The van der Waals surface area contributed by atoms with Crippen LogP contribution < -0.4 is 10.1 Å². The second kappa shape index (κ2) is 5.62. The summed E-state index contributed by atoms with van der Waals surface area (Å²) in [5.41, 5.74) is -0.0793. The van der Waals surface area contributed by atoms with Crippen LogP contribution in [0.15, 0.2) is 18.3 Å². The van der Waals surface area contributed by atoms with E-state index in [1.165, 1.54) is 18.3 Å². The van der Waals surface area contributed by atoms with Gasteiger partial charge < -0.3 is 10.1 Å². The molecule has 6 nitrogen and oxygen atoms in total. The first-order valence-electron chi connectivity index (χ1n) is 4.74. The van der Waals surface area contributed by atoms with E-state index in [4.69, 9.17) is 4.74 Å². The Labute approximate surface area is 98.6 Å². The van der Waals surface area contributed by atoms with Crippen molar-refractivity contribution in [2.75, 3.05) is 13.1 Å². The smallest absolute Gasteiger partial charge is 0.330 e. The third-order valence-corrected chi connectivity index (χ3v) is 2.24. The molecule has 1 N–H and O–H groups in total. The van der Waals surface area contributed by atoms with E-state index in [0.717, 1.165) is 13.0 Å². The molecular formula is C9H12ClN3O3. The van der Waals surface area contributed by atoms with E-state index < -0.39 is 4.92 Å². The van der Waals surface area contributed by atoms with E-state index in [9.17, 15) is 10.1 Å². The van der Waals surface area contributed by atoms with Gasteiger partial charge in [0.25, 0.3) is 5.88 Å². The van der Waals surface area contributed by atoms with Gasteiger partial charge in [-0.1, -0.05) is 0 Å². The van der Waals surface area contributed by atoms with Gasteiger partial charge in [0.1, 0.15) is 6.10 Å². The predicted molar refractivity (Wildman–Crippen MR) is 60.0 cm³/mol. The summed E-state index contributed by atoms with van der Waals surface area (Å²) in [6.45, 7) is 1.60. The fraction of sp³-hybridized carbons (Fsp3) is 0.444. The summed E-state index contributed by atoms with van der Waals surface area (Å²) >= 11 is 0. The summed E-state index contributed by atoms with van der Waals surface area (Å²) in [5, 5.41) is 13.8. The lowest BCUT2D eigenvalue weighted by molar-refractivity contribution is -0.386.